The average molecular weight is 262 g/mol. The molecule has 2 N–H and O–H groups in total. The number of benzene rings is 1. The Labute approximate surface area is 112 Å². The van der Waals surface area contributed by atoms with E-state index in [0.717, 1.165) is 12.8 Å². The van der Waals surface area contributed by atoms with Gasteiger partial charge in [0.1, 0.15) is 5.75 Å². The van der Waals surface area contributed by atoms with Gasteiger partial charge < -0.3 is 15.4 Å². The molecule has 0 aliphatic heterocycles. The Morgan fingerprint density at radius 1 is 1.32 bits per heavy atom. The predicted molar refractivity (Wildman–Crippen MR) is 71.1 cm³/mol. The first-order valence-corrected chi connectivity index (χ1v) is 6.41. The van der Waals surface area contributed by atoms with E-state index in [1.165, 1.54) is 7.11 Å². The Kier molecular flexibility index (Phi) is 4.39. The Morgan fingerprint density at radius 2 is 2.05 bits per heavy atom. The number of para-hydroxylation sites is 1. The molecule has 0 saturated heterocycles. The second-order valence-electron chi connectivity index (χ2n) is 4.55. The van der Waals surface area contributed by atoms with Gasteiger partial charge in [-0.3, -0.25) is 9.59 Å². The summed E-state index contributed by atoms with van der Waals surface area (Å²) in [4.78, 5) is 23.4. The van der Waals surface area contributed by atoms with E-state index in [1.54, 1.807) is 24.3 Å². The molecule has 102 valence electrons. The van der Waals surface area contributed by atoms with Crippen LogP contribution in [0.5, 0.6) is 5.75 Å². The SMILES string of the molecule is COc1ccccc1C(=O)NCCC(=O)NC1CC1. The fraction of sp³-hybridized carbons (Fsp3) is 0.429. The summed E-state index contributed by atoms with van der Waals surface area (Å²) in [5.74, 6) is 0.293. The van der Waals surface area contributed by atoms with Gasteiger partial charge in [0, 0.05) is 19.0 Å². The van der Waals surface area contributed by atoms with Crippen LogP contribution in [-0.2, 0) is 4.79 Å². The minimum Gasteiger partial charge on any atom is -0.496 e. The van der Waals surface area contributed by atoms with Gasteiger partial charge in [0.25, 0.3) is 5.91 Å². The van der Waals surface area contributed by atoms with Crippen molar-refractivity contribution in [2.45, 2.75) is 25.3 Å². The highest BCUT2D eigenvalue weighted by Crippen LogP contribution is 2.18. The maximum Gasteiger partial charge on any atom is 0.255 e. The number of nitrogens with one attached hydrogen (secondary N) is 2. The normalized spacial score (nSPS) is 13.7. The molecule has 0 radical (unpaired) electrons. The highest BCUT2D eigenvalue weighted by atomic mass is 16.5. The summed E-state index contributed by atoms with van der Waals surface area (Å²) in [7, 11) is 1.52. The van der Waals surface area contributed by atoms with Crippen molar-refractivity contribution in [2.24, 2.45) is 0 Å². The lowest BCUT2D eigenvalue weighted by atomic mass is 10.2. The molecule has 1 fully saturated rings. The van der Waals surface area contributed by atoms with Crippen LogP contribution in [0.1, 0.15) is 29.6 Å². The van der Waals surface area contributed by atoms with E-state index in [4.69, 9.17) is 4.74 Å². The lowest BCUT2D eigenvalue weighted by molar-refractivity contribution is -0.121. The van der Waals surface area contributed by atoms with Crippen molar-refractivity contribution in [2.75, 3.05) is 13.7 Å². The standard InChI is InChI=1S/C14H18N2O3/c1-19-12-5-3-2-4-11(12)14(18)15-9-8-13(17)16-10-6-7-10/h2-5,10H,6-9H2,1H3,(H,15,18)(H,16,17). The van der Waals surface area contributed by atoms with E-state index in [1.807, 2.05) is 0 Å². The molecule has 1 saturated carbocycles. The quantitative estimate of drug-likeness (QED) is 0.806. The van der Waals surface area contributed by atoms with Crippen molar-refractivity contribution in [3.63, 3.8) is 0 Å². The molecule has 0 bridgehead atoms. The van der Waals surface area contributed by atoms with Crippen molar-refractivity contribution in [1.82, 2.24) is 10.6 Å². The first kappa shape index (κ1) is 13.4. The zero-order chi connectivity index (χ0) is 13.7. The van der Waals surface area contributed by atoms with Gasteiger partial charge in [-0.2, -0.15) is 0 Å². The van der Waals surface area contributed by atoms with Crippen LogP contribution < -0.4 is 15.4 Å². The van der Waals surface area contributed by atoms with Crippen LogP contribution in [0, 0.1) is 0 Å². The molecule has 0 spiro atoms. The van der Waals surface area contributed by atoms with E-state index in [0.29, 0.717) is 30.3 Å². The minimum absolute atomic E-state index is 0.0113. The van der Waals surface area contributed by atoms with Crippen LogP contribution in [0.4, 0.5) is 0 Å². The summed E-state index contributed by atoms with van der Waals surface area (Å²) in [6, 6.07) is 7.36. The van der Waals surface area contributed by atoms with E-state index in [9.17, 15) is 9.59 Å². The molecule has 5 nitrogen and oxygen atoms in total. The molecule has 1 aromatic carbocycles. The van der Waals surface area contributed by atoms with Crippen LogP contribution in [-0.4, -0.2) is 31.5 Å². The number of amides is 2. The van der Waals surface area contributed by atoms with Gasteiger partial charge in [-0.25, -0.2) is 0 Å². The van der Waals surface area contributed by atoms with Gasteiger partial charge in [0.15, 0.2) is 0 Å². The van der Waals surface area contributed by atoms with Gasteiger partial charge >= 0.3 is 0 Å². The highest BCUT2D eigenvalue weighted by molar-refractivity contribution is 5.97. The number of rotatable bonds is 6. The van der Waals surface area contributed by atoms with Crippen molar-refractivity contribution < 1.29 is 14.3 Å². The molecule has 1 aliphatic carbocycles. The molecular formula is C14H18N2O3. The number of carbonyl (C=O) groups excluding carboxylic acids is 2. The summed E-state index contributed by atoms with van der Waals surface area (Å²) in [6.45, 7) is 0.329. The summed E-state index contributed by atoms with van der Waals surface area (Å²) >= 11 is 0. The first-order valence-electron chi connectivity index (χ1n) is 6.41. The molecule has 2 rings (SSSR count). The second-order valence-corrected chi connectivity index (χ2v) is 4.55. The number of ether oxygens (including phenoxy) is 1. The summed E-state index contributed by atoms with van der Waals surface area (Å²) in [6.07, 6.45) is 2.44. The largest absolute Gasteiger partial charge is 0.496 e. The van der Waals surface area contributed by atoms with Crippen LogP contribution in [0.25, 0.3) is 0 Å². The van der Waals surface area contributed by atoms with Gasteiger partial charge in [-0.15, -0.1) is 0 Å². The molecule has 0 unspecified atom stereocenters. The smallest absolute Gasteiger partial charge is 0.255 e. The number of hydrogen-bond acceptors (Lipinski definition) is 3. The molecule has 0 atom stereocenters. The number of hydrogen-bond donors (Lipinski definition) is 2. The van der Waals surface area contributed by atoms with Crippen LogP contribution >= 0.6 is 0 Å². The van der Waals surface area contributed by atoms with Crippen LogP contribution in [0.2, 0.25) is 0 Å². The molecule has 1 aromatic rings. The Hall–Kier alpha value is -2.04. The molecule has 5 heteroatoms. The Bertz CT molecular complexity index is 470. The molecule has 1 aliphatic rings. The van der Waals surface area contributed by atoms with Crippen molar-refractivity contribution in [3.05, 3.63) is 29.8 Å². The van der Waals surface area contributed by atoms with Gasteiger partial charge in [0.2, 0.25) is 5.91 Å². The Balaban J connectivity index is 1.78. The molecular weight excluding hydrogens is 244 g/mol. The molecule has 19 heavy (non-hydrogen) atoms. The van der Waals surface area contributed by atoms with Gasteiger partial charge in [-0.05, 0) is 25.0 Å². The lowest BCUT2D eigenvalue weighted by Gasteiger charge is -2.09. The number of carbonyl (C=O) groups is 2. The third kappa shape index (κ3) is 3.98. The van der Waals surface area contributed by atoms with E-state index in [-0.39, 0.29) is 11.8 Å². The third-order valence-electron chi connectivity index (χ3n) is 2.93. The van der Waals surface area contributed by atoms with E-state index >= 15 is 0 Å². The van der Waals surface area contributed by atoms with Crippen molar-refractivity contribution in [1.29, 1.82) is 0 Å². The molecule has 0 heterocycles. The first-order chi connectivity index (χ1) is 9.20. The highest BCUT2D eigenvalue weighted by Gasteiger charge is 2.22. The summed E-state index contributed by atoms with van der Waals surface area (Å²) in [5.41, 5.74) is 0.479. The zero-order valence-corrected chi connectivity index (χ0v) is 10.9. The number of methoxy groups -OCH3 is 1. The molecule has 2 amide bonds. The maximum absolute atomic E-state index is 11.9. The van der Waals surface area contributed by atoms with Crippen molar-refractivity contribution >= 4 is 11.8 Å². The van der Waals surface area contributed by atoms with Crippen LogP contribution in [0.15, 0.2) is 24.3 Å². The van der Waals surface area contributed by atoms with Gasteiger partial charge in [0.05, 0.1) is 12.7 Å². The monoisotopic (exact) mass is 262 g/mol. The zero-order valence-electron chi connectivity index (χ0n) is 10.9. The topological polar surface area (TPSA) is 67.4 Å². The Morgan fingerprint density at radius 3 is 2.74 bits per heavy atom. The van der Waals surface area contributed by atoms with E-state index < -0.39 is 0 Å². The predicted octanol–water partition coefficient (Wildman–Crippen LogP) is 1.09. The van der Waals surface area contributed by atoms with Crippen LogP contribution in [0.3, 0.4) is 0 Å². The average Bonchev–Trinajstić information content (AvgIpc) is 3.22. The summed E-state index contributed by atoms with van der Waals surface area (Å²) in [5, 5.41) is 5.59. The van der Waals surface area contributed by atoms with Crippen molar-refractivity contribution in [3.8, 4) is 5.75 Å². The molecule has 0 aromatic heterocycles. The van der Waals surface area contributed by atoms with E-state index in [2.05, 4.69) is 10.6 Å². The fourth-order valence-corrected chi connectivity index (χ4v) is 1.74. The van der Waals surface area contributed by atoms with Gasteiger partial charge in [-0.1, -0.05) is 12.1 Å². The third-order valence-corrected chi connectivity index (χ3v) is 2.93. The second kappa shape index (κ2) is 6.22. The maximum atomic E-state index is 11.9. The fourth-order valence-electron chi connectivity index (χ4n) is 1.74. The summed E-state index contributed by atoms with van der Waals surface area (Å²) < 4.78 is 5.11. The minimum atomic E-state index is -0.225. The lowest BCUT2D eigenvalue weighted by Crippen LogP contribution is -2.31.